The fourth-order valence-corrected chi connectivity index (χ4v) is 3.65. The second kappa shape index (κ2) is 5.94. The molecule has 0 aromatic heterocycles. The average Bonchev–Trinajstić information content (AvgIpc) is 2.88. The van der Waals surface area contributed by atoms with Crippen molar-refractivity contribution in [2.24, 2.45) is 0 Å². The Morgan fingerprint density at radius 2 is 2.10 bits per heavy atom. The predicted octanol–water partition coefficient (Wildman–Crippen LogP) is 2.04. The molecule has 1 atom stereocenters. The van der Waals surface area contributed by atoms with E-state index in [9.17, 15) is 21.6 Å². The van der Waals surface area contributed by atoms with E-state index in [1.165, 1.54) is 6.92 Å². The van der Waals surface area contributed by atoms with Gasteiger partial charge in [-0.3, -0.25) is 0 Å². The Balaban J connectivity index is 2.16. The normalized spacial score (nSPS) is 19.9. The third-order valence-electron chi connectivity index (χ3n) is 3.47. The highest BCUT2D eigenvalue weighted by Gasteiger charge is 2.31. The SMILES string of the molecule is Cc1cc(C(F)(F)F)ccc1S(=O)(=O)NCC1CCCN1. The number of nitrogens with one attached hydrogen (secondary N) is 2. The molecule has 4 nitrogen and oxygen atoms in total. The molecule has 8 heteroatoms. The molecule has 0 radical (unpaired) electrons. The third-order valence-corrected chi connectivity index (χ3v) is 5.06. The van der Waals surface area contributed by atoms with Gasteiger partial charge in [-0.2, -0.15) is 13.2 Å². The van der Waals surface area contributed by atoms with E-state index in [1.54, 1.807) is 0 Å². The van der Waals surface area contributed by atoms with Crippen molar-refractivity contribution in [1.82, 2.24) is 10.0 Å². The molecule has 0 saturated carbocycles. The largest absolute Gasteiger partial charge is 0.416 e. The van der Waals surface area contributed by atoms with E-state index in [-0.39, 0.29) is 23.0 Å². The molecule has 2 rings (SSSR count). The Bertz CT molecular complexity index is 608. The Hall–Kier alpha value is -1.12. The van der Waals surface area contributed by atoms with E-state index in [0.29, 0.717) is 0 Å². The summed E-state index contributed by atoms with van der Waals surface area (Å²) < 4.78 is 64.5. The van der Waals surface area contributed by atoms with Crippen LogP contribution in [0.3, 0.4) is 0 Å². The molecule has 21 heavy (non-hydrogen) atoms. The first-order valence-electron chi connectivity index (χ1n) is 6.61. The van der Waals surface area contributed by atoms with Crippen LogP contribution in [0.15, 0.2) is 23.1 Å². The van der Waals surface area contributed by atoms with Crippen molar-refractivity contribution >= 4 is 10.0 Å². The van der Waals surface area contributed by atoms with E-state index >= 15 is 0 Å². The van der Waals surface area contributed by atoms with Crippen LogP contribution in [0.1, 0.15) is 24.0 Å². The number of halogens is 3. The summed E-state index contributed by atoms with van der Waals surface area (Å²) >= 11 is 0. The molecule has 1 aromatic rings. The van der Waals surface area contributed by atoms with Crippen molar-refractivity contribution in [3.8, 4) is 0 Å². The minimum Gasteiger partial charge on any atom is -0.313 e. The van der Waals surface area contributed by atoms with Crippen LogP contribution in [0.5, 0.6) is 0 Å². The number of sulfonamides is 1. The van der Waals surface area contributed by atoms with E-state index in [2.05, 4.69) is 10.0 Å². The molecule has 0 amide bonds. The van der Waals surface area contributed by atoms with Gasteiger partial charge in [-0.05, 0) is 50.1 Å². The van der Waals surface area contributed by atoms with Gasteiger partial charge in [0.05, 0.1) is 10.5 Å². The summed E-state index contributed by atoms with van der Waals surface area (Å²) in [4.78, 5) is -0.117. The Kier molecular flexibility index (Phi) is 4.60. The van der Waals surface area contributed by atoms with Crippen LogP contribution in [-0.4, -0.2) is 27.5 Å². The van der Waals surface area contributed by atoms with Gasteiger partial charge < -0.3 is 5.32 Å². The van der Waals surface area contributed by atoms with Gasteiger partial charge in [0.25, 0.3) is 0 Å². The lowest BCUT2D eigenvalue weighted by Crippen LogP contribution is -2.37. The molecule has 1 aliphatic heterocycles. The number of alkyl halides is 3. The Morgan fingerprint density at radius 1 is 1.38 bits per heavy atom. The third kappa shape index (κ3) is 3.96. The molecular formula is C13H17F3N2O2S. The summed E-state index contributed by atoms with van der Waals surface area (Å²) in [6, 6.07) is 2.72. The van der Waals surface area contributed by atoms with Crippen LogP contribution < -0.4 is 10.0 Å². The van der Waals surface area contributed by atoms with Crippen molar-refractivity contribution < 1.29 is 21.6 Å². The zero-order chi connectivity index (χ0) is 15.7. The molecule has 1 aliphatic rings. The van der Waals surface area contributed by atoms with E-state index < -0.39 is 21.8 Å². The first-order valence-corrected chi connectivity index (χ1v) is 8.09. The average molecular weight is 322 g/mol. The van der Waals surface area contributed by atoms with Crippen molar-refractivity contribution in [1.29, 1.82) is 0 Å². The van der Waals surface area contributed by atoms with Gasteiger partial charge in [-0.15, -0.1) is 0 Å². The minimum absolute atomic E-state index is 0.0783. The highest BCUT2D eigenvalue weighted by Crippen LogP contribution is 2.31. The predicted molar refractivity (Wildman–Crippen MR) is 72.4 cm³/mol. The van der Waals surface area contributed by atoms with Crippen LogP contribution in [0.25, 0.3) is 0 Å². The molecule has 0 bridgehead atoms. The van der Waals surface area contributed by atoms with Gasteiger partial charge in [-0.25, -0.2) is 13.1 Å². The molecule has 118 valence electrons. The van der Waals surface area contributed by atoms with Gasteiger partial charge >= 0.3 is 6.18 Å². The monoisotopic (exact) mass is 322 g/mol. The summed E-state index contributed by atoms with van der Waals surface area (Å²) in [5.74, 6) is 0. The number of rotatable bonds is 4. The Morgan fingerprint density at radius 3 is 2.62 bits per heavy atom. The maximum atomic E-state index is 12.6. The van der Waals surface area contributed by atoms with Crippen LogP contribution >= 0.6 is 0 Å². The summed E-state index contributed by atoms with van der Waals surface area (Å²) in [7, 11) is -3.80. The van der Waals surface area contributed by atoms with E-state index in [1.807, 2.05) is 0 Å². The maximum Gasteiger partial charge on any atom is 0.416 e. The molecule has 2 N–H and O–H groups in total. The topological polar surface area (TPSA) is 58.2 Å². The van der Waals surface area contributed by atoms with Crippen LogP contribution in [-0.2, 0) is 16.2 Å². The Labute approximate surface area is 121 Å². The molecule has 1 heterocycles. The molecule has 1 fully saturated rings. The van der Waals surface area contributed by atoms with E-state index in [4.69, 9.17) is 0 Å². The molecular weight excluding hydrogens is 305 g/mol. The van der Waals surface area contributed by atoms with Crippen LogP contribution in [0.2, 0.25) is 0 Å². The second-order valence-electron chi connectivity index (χ2n) is 5.12. The van der Waals surface area contributed by atoms with Gasteiger partial charge in [0.1, 0.15) is 0 Å². The highest BCUT2D eigenvalue weighted by molar-refractivity contribution is 7.89. The highest BCUT2D eigenvalue weighted by atomic mass is 32.2. The van der Waals surface area contributed by atoms with Gasteiger partial charge in [0, 0.05) is 12.6 Å². The standard InChI is InChI=1S/C13H17F3N2O2S/c1-9-7-10(13(14,15)16)4-5-12(9)21(19,20)18-8-11-3-2-6-17-11/h4-5,7,11,17-18H,2-3,6,8H2,1H3. The van der Waals surface area contributed by atoms with Crippen LogP contribution in [0.4, 0.5) is 13.2 Å². The summed E-state index contributed by atoms with van der Waals surface area (Å²) in [5.41, 5.74) is -0.770. The fourth-order valence-electron chi connectivity index (χ4n) is 2.35. The lowest BCUT2D eigenvalue weighted by Gasteiger charge is -2.14. The fraction of sp³-hybridized carbons (Fsp3) is 0.538. The molecule has 0 aliphatic carbocycles. The molecule has 1 unspecified atom stereocenters. The van der Waals surface area contributed by atoms with Gasteiger partial charge in [0.15, 0.2) is 0 Å². The van der Waals surface area contributed by atoms with Crippen LogP contribution in [0, 0.1) is 6.92 Å². The van der Waals surface area contributed by atoms with Gasteiger partial charge in [-0.1, -0.05) is 0 Å². The first kappa shape index (κ1) is 16.3. The molecule has 1 saturated heterocycles. The summed E-state index contributed by atoms with van der Waals surface area (Å²) in [5, 5.41) is 3.15. The second-order valence-corrected chi connectivity index (χ2v) is 6.86. The smallest absolute Gasteiger partial charge is 0.313 e. The first-order chi connectivity index (χ1) is 9.70. The van der Waals surface area contributed by atoms with Crippen molar-refractivity contribution in [2.75, 3.05) is 13.1 Å². The summed E-state index contributed by atoms with van der Waals surface area (Å²) in [6.07, 6.45) is -2.60. The van der Waals surface area contributed by atoms with Crippen molar-refractivity contribution in [3.63, 3.8) is 0 Å². The quantitative estimate of drug-likeness (QED) is 0.892. The summed E-state index contributed by atoms with van der Waals surface area (Å²) in [6.45, 7) is 2.45. The van der Waals surface area contributed by atoms with Gasteiger partial charge in [0.2, 0.25) is 10.0 Å². The number of hydrogen-bond acceptors (Lipinski definition) is 3. The van der Waals surface area contributed by atoms with Crippen molar-refractivity contribution in [2.45, 2.75) is 36.9 Å². The number of benzene rings is 1. The minimum atomic E-state index is -4.48. The van der Waals surface area contributed by atoms with E-state index in [0.717, 1.165) is 37.6 Å². The zero-order valence-corrected chi connectivity index (χ0v) is 12.3. The lowest BCUT2D eigenvalue weighted by molar-refractivity contribution is -0.137. The number of hydrogen-bond donors (Lipinski definition) is 2. The van der Waals surface area contributed by atoms with Crippen molar-refractivity contribution in [3.05, 3.63) is 29.3 Å². The number of aryl methyl sites for hydroxylation is 1. The maximum absolute atomic E-state index is 12.6. The lowest BCUT2D eigenvalue weighted by atomic mass is 10.1. The zero-order valence-electron chi connectivity index (χ0n) is 11.5. The molecule has 1 aromatic carbocycles. The molecule has 0 spiro atoms.